The van der Waals surface area contributed by atoms with E-state index in [1.807, 2.05) is 6.07 Å². The van der Waals surface area contributed by atoms with Gasteiger partial charge in [0.25, 0.3) is 0 Å². The van der Waals surface area contributed by atoms with Gasteiger partial charge in [0.15, 0.2) is 0 Å². The summed E-state index contributed by atoms with van der Waals surface area (Å²) in [5.74, 6) is -1.43. The summed E-state index contributed by atoms with van der Waals surface area (Å²) in [5.41, 5.74) is -1.18. The molecule has 0 N–H and O–H groups in total. The minimum atomic E-state index is -4.94. The molecule has 0 saturated heterocycles. The van der Waals surface area contributed by atoms with Gasteiger partial charge < -0.3 is 4.90 Å². The fourth-order valence-electron chi connectivity index (χ4n) is 2.49. The summed E-state index contributed by atoms with van der Waals surface area (Å²) in [6.45, 7) is -2.29. The number of carbonyl (C=O) groups is 1. The summed E-state index contributed by atoms with van der Waals surface area (Å²) < 4.78 is 78.9. The number of benzene rings is 2. The van der Waals surface area contributed by atoms with Crippen LogP contribution in [0, 0.1) is 11.3 Å². The van der Waals surface area contributed by atoms with Crippen molar-refractivity contribution in [2.24, 2.45) is 0 Å². The van der Waals surface area contributed by atoms with E-state index in [2.05, 4.69) is 0 Å². The van der Waals surface area contributed by atoms with E-state index in [4.69, 9.17) is 5.26 Å². The number of halogens is 6. The second kappa shape index (κ2) is 8.82. The van der Waals surface area contributed by atoms with Gasteiger partial charge in [-0.1, -0.05) is 42.5 Å². The lowest BCUT2D eigenvalue weighted by atomic mass is 10.0. The molecule has 3 nitrogen and oxygen atoms in total. The summed E-state index contributed by atoms with van der Waals surface area (Å²) in [6, 6.07) is 13.5. The normalized spacial score (nSPS) is 12.4. The van der Waals surface area contributed by atoms with Crippen LogP contribution < -0.4 is 0 Å². The number of rotatable bonds is 5. The molecule has 0 aromatic heterocycles. The van der Waals surface area contributed by atoms with Gasteiger partial charge in [-0.05, 0) is 23.3 Å². The van der Waals surface area contributed by atoms with Gasteiger partial charge >= 0.3 is 12.4 Å². The van der Waals surface area contributed by atoms with Crippen molar-refractivity contribution in [3.05, 3.63) is 77.4 Å². The molecule has 0 bridgehead atoms. The Labute approximate surface area is 162 Å². The molecule has 0 fully saturated rings. The van der Waals surface area contributed by atoms with Crippen molar-refractivity contribution < 1.29 is 31.1 Å². The van der Waals surface area contributed by atoms with Gasteiger partial charge in [-0.3, -0.25) is 4.79 Å². The van der Waals surface area contributed by atoms with Crippen LogP contribution in [-0.2, 0) is 11.3 Å². The lowest BCUT2D eigenvalue weighted by Crippen LogP contribution is -2.38. The highest BCUT2D eigenvalue weighted by Crippen LogP contribution is 2.34. The summed E-state index contributed by atoms with van der Waals surface area (Å²) >= 11 is 0. The Hall–Kier alpha value is -3.28. The molecule has 2 aromatic rings. The topological polar surface area (TPSA) is 44.1 Å². The number of allylic oxidation sites excluding steroid dienone is 1. The molecule has 0 aliphatic rings. The van der Waals surface area contributed by atoms with E-state index < -0.39 is 36.9 Å². The van der Waals surface area contributed by atoms with Crippen molar-refractivity contribution in [2.75, 3.05) is 6.54 Å². The summed E-state index contributed by atoms with van der Waals surface area (Å²) in [5, 5.41) is 8.76. The van der Waals surface area contributed by atoms with Crippen LogP contribution in [0.25, 0.3) is 5.57 Å². The van der Waals surface area contributed by atoms with E-state index >= 15 is 0 Å². The Morgan fingerprint density at radius 3 is 2.03 bits per heavy atom. The van der Waals surface area contributed by atoms with Gasteiger partial charge in [-0.25, -0.2) is 0 Å². The number of hydrogen-bond acceptors (Lipinski definition) is 2. The zero-order valence-electron chi connectivity index (χ0n) is 14.8. The van der Waals surface area contributed by atoms with E-state index in [1.54, 1.807) is 0 Å². The van der Waals surface area contributed by atoms with E-state index in [0.717, 1.165) is 12.1 Å². The largest absolute Gasteiger partial charge is 0.417 e. The van der Waals surface area contributed by atoms with Crippen LogP contribution >= 0.6 is 0 Å². The van der Waals surface area contributed by atoms with Gasteiger partial charge in [0.2, 0.25) is 5.91 Å². The third-order valence-electron chi connectivity index (χ3n) is 3.80. The molecule has 29 heavy (non-hydrogen) atoms. The molecular weight excluding hydrogens is 398 g/mol. The van der Waals surface area contributed by atoms with Gasteiger partial charge in [0.1, 0.15) is 6.54 Å². The van der Waals surface area contributed by atoms with Crippen molar-refractivity contribution in [3.8, 4) is 6.07 Å². The van der Waals surface area contributed by atoms with Crippen LogP contribution in [0.1, 0.15) is 16.7 Å². The van der Waals surface area contributed by atoms with Crippen molar-refractivity contribution in [3.63, 3.8) is 0 Å². The monoisotopic (exact) mass is 412 g/mol. The first kappa shape index (κ1) is 22.0. The summed E-state index contributed by atoms with van der Waals surface area (Å²) in [7, 11) is 0. The van der Waals surface area contributed by atoms with Crippen LogP contribution in [0.4, 0.5) is 26.3 Å². The van der Waals surface area contributed by atoms with Crippen molar-refractivity contribution in [2.45, 2.75) is 18.9 Å². The summed E-state index contributed by atoms with van der Waals surface area (Å²) in [6.07, 6.45) is -9.57. The Kier molecular flexibility index (Phi) is 6.69. The molecule has 0 spiro atoms. The number of nitrogens with zero attached hydrogens (tertiary/aromatic N) is 2. The van der Waals surface area contributed by atoms with Crippen LogP contribution in [0.2, 0.25) is 0 Å². The Morgan fingerprint density at radius 2 is 1.55 bits per heavy atom. The molecule has 0 radical (unpaired) electrons. The molecule has 0 unspecified atom stereocenters. The first-order valence-corrected chi connectivity index (χ1v) is 8.18. The fourth-order valence-corrected chi connectivity index (χ4v) is 2.49. The molecule has 0 heterocycles. The van der Waals surface area contributed by atoms with E-state index in [9.17, 15) is 31.1 Å². The maximum atomic E-state index is 13.4. The zero-order valence-corrected chi connectivity index (χ0v) is 14.8. The average molecular weight is 412 g/mol. The van der Waals surface area contributed by atoms with E-state index in [1.165, 1.54) is 42.5 Å². The Morgan fingerprint density at radius 1 is 0.966 bits per heavy atom. The van der Waals surface area contributed by atoms with Crippen molar-refractivity contribution >= 4 is 11.5 Å². The van der Waals surface area contributed by atoms with E-state index in [-0.39, 0.29) is 27.7 Å². The third-order valence-corrected chi connectivity index (χ3v) is 3.80. The third kappa shape index (κ3) is 6.68. The first-order valence-electron chi connectivity index (χ1n) is 8.18. The minimum absolute atomic E-state index is 0.171. The fraction of sp³-hybridized carbons (Fsp3) is 0.200. The van der Waals surface area contributed by atoms with Crippen LogP contribution in [0.5, 0.6) is 0 Å². The molecule has 152 valence electrons. The maximum Gasteiger partial charge on any atom is 0.417 e. The molecular formula is C20H14F6N2O. The van der Waals surface area contributed by atoms with Gasteiger partial charge in [-0.15, -0.1) is 0 Å². The van der Waals surface area contributed by atoms with E-state index in [0.29, 0.717) is 0 Å². The zero-order chi connectivity index (χ0) is 21.7. The lowest BCUT2D eigenvalue weighted by molar-refractivity contribution is -0.159. The SMILES string of the molecule is N#Cc1ccc(CN(CC(F)(F)F)C(=O)C=C(c2ccccc2)C(F)(F)F)cc1. The number of nitriles is 1. The van der Waals surface area contributed by atoms with Crippen molar-refractivity contribution in [1.29, 1.82) is 5.26 Å². The van der Waals surface area contributed by atoms with Crippen LogP contribution in [0.15, 0.2) is 60.7 Å². The van der Waals surface area contributed by atoms with Gasteiger partial charge in [0.05, 0.1) is 17.2 Å². The molecule has 2 aromatic carbocycles. The predicted molar refractivity (Wildman–Crippen MR) is 93.1 cm³/mol. The van der Waals surface area contributed by atoms with Gasteiger partial charge in [-0.2, -0.15) is 31.6 Å². The number of amides is 1. The van der Waals surface area contributed by atoms with Crippen LogP contribution in [-0.4, -0.2) is 29.7 Å². The first-order chi connectivity index (χ1) is 13.5. The number of carbonyl (C=O) groups excluding carboxylic acids is 1. The smallest absolute Gasteiger partial charge is 0.326 e. The molecule has 0 aliphatic heterocycles. The van der Waals surface area contributed by atoms with Crippen LogP contribution in [0.3, 0.4) is 0 Å². The maximum absolute atomic E-state index is 13.4. The highest BCUT2D eigenvalue weighted by atomic mass is 19.4. The second-order valence-electron chi connectivity index (χ2n) is 6.04. The minimum Gasteiger partial charge on any atom is -0.326 e. The quantitative estimate of drug-likeness (QED) is 0.507. The van der Waals surface area contributed by atoms with Crippen molar-refractivity contribution in [1.82, 2.24) is 4.90 Å². The number of hydrogen-bond donors (Lipinski definition) is 0. The lowest BCUT2D eigenvalue weighted by Gasteiger charge is -2.24. The number of alkyl halides is 6. The molecule has 9 heteroatoms. The molecule has 0 atom stereocenters. The standard InChI is InChI=1S/C20H14F6N2O/c21-19(22,23)13-28(12-15-8-6-14(11-27)7-9-15)18(29)10-17(20(24,25)26)16-4-2-1-3-5-16/h1-10H,12-13H2. The highest BCUT2D eigenvalue weighted by molar-refractivity contribution is 5.96. The predicted octanol–water partition coefficient (Wildman–Crippen LogP) is 5.10. The van der Waals surface area contributed by atoms with Gasteiger partial charge in [0, 0.05) is 12.6 Å². The Bertz CT molecular complexity index is 909. The average Bonchev–Trinajstić information content (AvgIpc) is 2.64. The highest BCUT2D eigenvalue weighted by Gasteiger charge is 2.37. The Balaban J connectivity index is 2.38. The molecule has 0 aliphatic carbocycles. The molecule has 2 rings (SSSR count). The summed E-state index contributed by atoms with van der Waals surface area (Å²) in [4.78, 5) is 12.6. The molecule has 0 saturated carbocycles. The molecule has 1 amide bonds. The second-order valence-corrected chi connectivity index (χ2v) is 6.04.